The second kappa shape index (κ2) is 5.21. The van der Waals surface area contributed by atoms with E-state index >= 15 is 0 Å². The van der Waals surface area contributed by atoms with Gasteiger partial charge in [-0.25, -0.2) is 0 Å². The van der Waals surface area contributed by atoms with E-state index in [1.165, 1.54) is 0 Å². The highest BCUT2D eigenvalue weighted by Crippen LogP contribution is 2.16. The fourth-order valence-corrected chi connectivity index (χ4v) is 2.19. The minimum Gasteiger partial charge on any atom is -0.380 e. The first-order valence-electron chi connectivity index (χ1n) is 6.23. The van der Waals surface area contributed by atoms with Crippen molar-refractivity contribution in [3.8, 4) is 0 Å². The van der Waals surface area contributed by atoms with Crippen molar-refractivity contribution in [2.24, 2.45) is 0 Å². The molecule has 2 heterocycles. The summed E-state index contributed by atoms with van der Waals surface area (Å²) in [6.45, 7) is 6.31. The molecule has 1 amide bonds. The predicted octanol–water partition coefficient (Wildman–Crippen LogP) is 1.33. The molecule has 5 heteroatoms. The third kappa shape index (κ3) is 2.99. The molecule has 0 bridgehead atoms. The van der Waals surface area contributed by atoms with Crippen LogP contribution in [0.4, 0.5) is 5.69 Å². The Morgan fingerprint density at radius 1 is 1.53 bits per heavy atom. The number of amides is 1. The van der Waals surface area contributed by atoms with E-state index in [-0.39, 0.29) is 5.91 Å². The molecule has 1 saturated heterocycles. The summed E-state index contributed by atoms with van der Waals surface area (Å²) in [6.07, 6.45) is 5.91. The maximum Gasteiger partial charge on any atom is 0.219 e. The average Bonchev–Trinajstić information content (AvgIpc) is 2.77. The summed E-state index contributed by atoms with van der Waals surface area (Å²) in [5.74, 6) is 0.183. The maximum atomic E-state index is 11.2. The van der Waals surface area contributed by atoms with Crippen molar-refractivity contribution in [2.45, 2.75) is 39.3 Å². The monoisotopic (exact) mass is 236 g/mol. The Bertz CT molecular complexity index is 380. The van der Waals surface area contributed by atoms with E-state index in [1.807, 2.05) is 22.0 Å². The number of aryl methyl sites for hydroxylation is 1. The molecule has 1 fully saturated rings. The molecule has 1 aromatic heterocycles. The molecule has 94 valence electrons. The van der Waals surface area contributed by atoms with Crippen molar-refractivity contribution in [2.75, 3.05) is 18.4 Å². The molecule has 0 atom stereocenters. The summed E-state index contributed by atoms with van der Waals surface area (Å²) in [7, 11) is 0. The minimum absolute atomic E-state index is 0.183. The highest BCUT2D eigenvalue weighted by Gasteiger charge is 2.20. The van der Waals surface area contributed by atoms with Crippen LogP contribution in [0.1, 0.15) is 26.7 Å². The van der Waals surface area contributed by atoms with Crippen molar-refractivity contribution in [3.05, 3.63) is 12.4 Å². The number of anilines is 1. The first-order chi connectivity index (χ1) is 8.19. The predicted molar refractivity (Wildman–Crippen MR) is 66.8 cm³/mol. The van der Waals surface area contributed by atoms with Gasteiger partial charge in [-0.1, -0.05) is 0 Å². The molecule has 1 aliphatic heterocycles. The number of aromatic nitrogens is 2. The molecule has 5 nitrogen and oxygen atoms in total. The van der Waals surface area contributed by atoms with E-state index in [9.17, 15) is 4.79 Å². The van der Waals surface area contributed by atoms with E-state index in [1.54, 1.807) is 6.92 Å². The van der Waals surface area contributed by atoms with E-state index < -0.39 is 0 Å². The Kier molecular flexibility index (Phi) is 3.66. The lowest BCUT2D eigenvalue weighted by atomic mass is 10.1. The van der Waals surface area contributed by atoms with Gasteiger partial charge in [-0.05, 0) is 19.8 Å². The Labute approximate surface area is 102 Å². The summed E-state index contributed by atoms with van der Waals surface area (Å²) in [4.78, 5) is 13.1. The Morgan fingerprint density at radius 3 is 2.76 bits per heavy atom. The van der Waals surface area contributed by atoms with E-state index in [4.69, 9.17) is 0 Å². The number of hydrogen-bond donors (Lipinski definition) is 1. The number of carbonyl (C=O) groups excluding carboxylic acids is 1. The highest BCUT2D eigenvalue weighted by atomic mass is 16.2. The first-order valence-corrected chi connectivity index (χ1v) is 6.23. The van der Waals surface area contributed by atoms with E-state index in [0.717, 1.165) is 38.2 Å². The largest absolute Gasteiger partial charge is 0.380 e. The molecule has 1 aromatic rings. The zero-order valence-corrected chi connectivity index (χ0v) is 10.5. The normalized spacial score (nSPS) is 17.2. The van der Waals surface area contributed by atoms with Gasteiger partial charge in [0.05, 0.1) is 11.9 Å². The third-order valence-electron chi connectivity index (χ3n) is 3.27. The van der Waals surface area contributed by atoms with Crippen LogP contribution in [-0.2, 0) is 11.3 Å². The highest BCUT2D eigenvalue weighted by molar-refractivity contribution is 5.73. The molecule has 0 spiro atoms. The van der Waals surface area contributed by atoms with Crippen LogP contribution in [0.25, 0.3) is 0 Å². The fraction of sp³-hybridized carbons (Fsp3) is 0.667. The summed E-state index contributed by atoms with van der Waals surface area (Å²) in [6, 6.07) is 0.458. The molecule has 1 N–H and O–H groups in total. The van der Waals surface area contributed by atoms with Gasteiger partial charge in [0, 0.05) is 38.8 Å². The van der Waals surface area contributed by atoms with Crippen LogP contribution in [0.2, 0.25) is 0 Å². The number of hydrogen-bond acceptors (Lipinski definition) is 3. The smallest absolute Gasteiger partial charge is 0.219 e. The average molecular weight is 236 g/mol. The van der Waals surface area contributed by atoms with Gasteiger partial charge in [-0.15, -0.1) is 0 Å². The van der Waals surface area contributed by atoms with Gasteiger partial charge < -0.3 is 10.2 Å². The molecule has 17 heavy (non-hydrogen) atoms. The summed E-state index contributed by atoms with van der Waals surface area (Å²) in [5.41, 5.74) is 1.08. The van der Waals surface area contributed by atoms with Gasteiger partial charge in [0.2, 0.25) is 5.91 Å². The van der Waals surface area contributed by atoms with Crippen LogP contribution in [0, 0.1) is 0 Å². The molecule has 0 radical (unpaired) electrons. The SMILES string of the molecule is CCn1cc(NC2CCN(C(C)=O)CC2)cn1. The van der Waals surface area contributed by atoms with Crippen molar-refractivity contribution in [1.82, 2.24) is 14.7 Å². The zero-order valence-electron chi connectivity index (χ0n) is 10.5. The van der Waals surface area contributed by atoms with Crippen LogP contribution in [0.5, 0.6) is 0 Å². The molecule has 0 unspecified atom stereocenters. The number of piperidine rings is 1. The fourth-order valence-electron chi connectivity index (χ4n) is 2.19. The summed E-state index contributed by atoms with van der Waals surface area (Å²) >= 11 is 0. The van der Waals surface area contributed by atoms with Gasteiger partial charge in [0.1, 0.15) is 0 Å². The summed E-state index contributed by atoms with van der Waals surface area (Å²) < 4.78 is 1.91. The topological polar surface area (TPSA) is 50.2 Å². The van der Waals surface area contributed by atoms with Crippen molar-refractivity contribution in [1.29, 1.82) is 0 Å². The Morgan fingerprint density at radius 2 is 2.24 bits per heavy atom. The quantitative estimate of drug-likeness (QED) is 0.861. The lowest BCUT2D eigenvalue weighted by Gasteiger charge is -2.31. The molecule has 0 saturated carbocycles. The molecular formula is C12H20N4O. The van der Waals surface area contributed by atoms with Gasteiger partial charge in [0.25, 0.3) is 0 Å². The van der Waals surface area contributed by atoms with Crippen LogP contribution in [0.15, 0.2) is 12.4 Å². The van der Waals surface area contributed by atoms with Crippen LogP contribution < -0.4 is 5.32 Å². The molecule has 2 rings (SSSR count). The Balaban J connectivity index is 1.83. The number of rotatable bonds is 3. The number of nitrogens with zero attached hydrogens (tertiary/aromatic N) is 3. The second-order valence-electron chi connectivity index (χ2n) is 4.51. The third-order valence-corrected chi connectivity index (χ3v) is 3.27. The Hall–Kier alpha value is -1.52. The van der Waals surface area contributed by atoms with Gasteiger partial charge in [-0.3, -0.25) is 9.48 Å². The lowest BCUT2D eigenvalue weighted by molar-refractivity contribution is -0.129. The van der Waals surface area contributed by atoms with Gasteiger partial charge in [0.15, 0.2) is 0 Å². The maximum absolute atomic E-state index is 11.2. The number of nitrogens with one attached hydrogen (secondary N) is 1. The molecule has 0 aliphatic carbocycles. The minimum atomic E-state index is 0.183. The van der Waals surface area contributed by atoms with Gasteiger partial charge in [-0.2, -0.15) is 5.10 Å². The van der Waals surface area contributed by atoms with Gasteiger partial charge >= 0.3 is 0 Å². The molecule has 1 aliphatic rings. The second-order valence-corrected chi connectivity index (χ2v) is 4.51. The lowest BCUT2D eigenvalue weighted by Crippen LogP contribution is -2.41. The number of carbonyl (C=O) groups is 1. The van der Waals surface area contributed by atoms with E-state index in [2.05, 4.69) is 17.3 Å². The van der Waals surface area contributed by atoms with Crippen molar-refractivity contribution in [3.63, 3.8) is 0 Å². The van der Waals surface area contributed by atoms with Crippen molar-refractivity contribution >= 4 is 11.6 Å². The molecular weight excluding hydrogens is 216 g/mol. The van der Waals surface area contributed by atoms with Crippen LogP contribution >= 0.6 is 0 Å². The summed E-state index contributed by atoms with van der Waals surface area (Å²) in [5, 5.41) is 7.71. The molecule has 0 aromatic carbocycles. The number of likely N-dealkylation sites (tertiary alicyclic amines) is 1. The van der Waals surface area contributed by atoms with Crippen LogP contribution in [0.3, 0.4) is 0 Å². The van der Waals surface area contributed by atoms with Crippen molar-refractivity contribution < 1.29 is 4.79 Å². The first kappa shape index (κ1) is 12.0. The zero-order chi connectivity index (χ0) is 12.3. The van der Waals surface area contributed by atoms with Crippen LogP contribution in [-0.4, -0.2) is 39.7 Å². The standard InChI is InChI=1S/C12H20N4O/c1-3-16-9-12(8-13-16)14-11-4-6-15(7-5-11)10(2)17/h8-9,11,14H,3-7H2,1-2H3. The van der Waals surface area contributed by atoms with E-state index in [0.29, 0.717) is 6.04 Å².